The summed E-state index contributed by atoms with van der Waals surface area (Å²) in [4.78, 5) is 30.7. The van der Waals surface area contributed by atoms with Crippen molar-refractivity contribution in [3.05, 3.63) is 76.3 Å². The van der Waals surface area contributed by atoms with E-state index in [9.17, 15) is 14.8 Å². The van der Waals surface area contributed by atoms with E-state index in [1.54, 1.807) is 24.3 Å². The van der Waals surface area contributed by atoms with Crippen molar-refractivity contribution in [3.8, 4) is 0 Å². The molecule has 9 heteroatoms. The van der Waals surface area contributed by atoms with Crippen molar-refractivity contribution < 1.29 is 14.5 Å². The molecule has 0 saturated carbocycles. The second-order valence-corrected chi connectivity index (χ2v) is 8.12. The number of benzene rings is 2. The molecule has 2 aromatic carbocycles. The number of aromatic nitrogens is 3. The van der Waals surface area contributed by atoms with Gasteiger partial charge in [0.05, 0.1) is 17.9 Å². The van der Waals surface area contributed by atoms with E-state index in [1.807, 2.05) is 24.3 Å². The van der Waals surface area contributed by atoms with Crippen LogP contribution in [0.25, 0.3) is 0 Å². The van der Waals surface area contributed by atoms with Gasteiger partial charge in [0.2, 0.25) is 17.3 Å². The maximum atomic E-state index is 13.0. The number of piperazine rings is 1. The first-order valence-electron chi connectivity index (χ1n) is 10.8. The summed E-state index contributed by atoms with van der Waals surface area (Å²) in [6.45, 7) is 4.62. The van der Waals surface area contributed by atoms with Crippen LogP contribution in [0.2, 0.25) is 0 Å². The second kappa shape index (κ2) is 8.08. The average molecular weight is 432 g/mol. The first kappa shape index (κ1) is 20.2. The van der Waals surface area contributed by atoms with Gasteiger partial charge in [-0.3, -0.25) is 14.5 Å². The summed E-state index contributed by atoms with van der Waals surface area (Å²) in [5.41, 5.74) is 8.59. The third-order valence-corrected chi connectivity index (χ3v) is 6.21. The van der Waals surface area contributed by atoms with Gasteiger partial charge in [-0.2, -0.15) is 0 Å². The highest BCUT2D eigenvalue weighted by atomic mass is 16.5. The fraction of sp³-hybridized carbons (Fsp3) is 0.304. The molecular weight excluding hydrogens is 408 g/mol. The predicted molar refractivity (Wildman–Crippen MR) is 119 cm³/mol. The Morgan fingerprint density at radius 1 is 0.906 bits per heavy atom. The number of rotatable bonds is 5. The van der Waals surface area contributed by atoms with Gasteiger partial charge >= 0.3 is 0 Å². The van der Waals surface area contributed by atoms with Crippen LogP contribution in [0.3, 0.4) is 0 Å². The molecule has 1 aliphatic heterocycles. The summed E-state index contributed by atoms with van der Waals surface area (Å²) < 4.78 is 1.28. The van der Waals surface area contributed by atoms with Crippen LogP contribution in [0.15, 0.2) is 48.5 Å². The number of nitrogen functional groups attached to an aromatic ring is 1. The summed E-state index contributed by atoms with van der Waals surface area (Å²) >= 11 is 0. The van der Waals surface area contributed by atoms with E-state index in [2.05, 4.69) is 14.9 Å². The number of para-hydroxylation sites is 2. The minimum absolute atomic E-state index is 0.0576. The third kappa shape index (κ3) is 3.40. The Bertz CT molecular complexity index is 1200. The van der Waals surface area contributed by atoms with Crippen molar-refractivity contribution in [2.24, 2.45) is 0 Å². The van der Waals surface area contributed by atoms with Gasteiger partial charge in [0, 0.05) is 53.9 Å². The van der Waals surface area contributed by atoms with Gasteiger partial charge < -0.3 is 15.8 Å². The van der Waals surface area contributed by atoms with Crippen LogP contribution in [0.4, 0.5) is 11.4 Å². The molecule has 32 heavy (non-hydrogen) atoms. The molecule has 0 amide bonds. The standard InChI is InChI=1S/C23H24N6O3/c24-18-8-3-4-9-19(18)27-14-12-26(13-15-27)10-5-11-28-21-20(25-29(28)32)22(30)16-6-1-2-7-17(16)23(21)31/h1-4,6-9H,5,10-15,24H2. The van der Waals surface area contributed by atoms with Crippen LogP contribution in [0.5, 0.6) is 0 Å². The quantitative estimate of drug-likeness (QED) is 0.285. The first-order valence-corrected chi connectivity index (χ1v) is 10.8. The summed E-state index contributed by atoms with van der Waals surface area (Å²) in [7, 11) is 0. The van der Waals surface area contributed by atoms with Crippen molar-refractivity contribution in [2.45, 2.75) is 13.0 Å². The lowest BCUT2D eigenvalue weighted by atomic mass is 9.90. The topological polar surface area (TPSA) is 111 Å². The SMILES string of the molecule is Nc1ccccc1N1CCN(CCCn2c3c(n[n+]2[O-])C(=O)c2ccccc2C3=O)CC1. The predicted octanol–water partition coefficient (Wildman–Crippen LogP) is 1.09. The van der Waals surface area contributed by atoms with Gasteiger partial charge in [0.15, 0.2) is 5.69 Å². The molecule has 1 aliphatic carbocycles. The van der Waals surface area contributed by atoms with Crippen LogP contribution in [-0.2, 0) is 6.54 Å². The summed E-state index contributed by atoms with van der Waals surface area (Å²) in [5, 5.41) is 16.2. The number of nitrogens with two attached hydrogens (primary N) is 1. The number of ketones is 2. The van der Waals surface area contributed by atoms with E-state index < -0.39 is 0 Å². The van der Waals surface area contributed by atoms with E-state index in [0.29, 0.717) is 29.1 Å². The first-order chi connectivity index (χ1) is 15.5. The van der Waals surface area contributed by atoms with E-state index in [4.69, 9.17) is 5.73 Å². The highest BCUT2D eigenvalue weighted by Gasteiger charge is 2.39. The largest absolute Gasteiger partial charge is 0.571 e. The normalized spacial score (nSPS) is 16.2. The van der Waals surface area contributed by atoms with Crippen molar-refractivity contribution >= 4 is 22.9 Å². The zero-order valence-corrected chi connectivity index (χ0v) is 17.6. The molecule has 9 nitrogen and oxygen atoms in total. The molecule has 3 aromatic rings. The molecule has 164 valence electrons. The van der Waals surface area contributed by atoms with Crippen molar-refractivity contribution in [2.75, 3.05) is 43.4 Å². The molecule has 0 atom stereocenters. The van der Waals surface area contributed by atoms with E-state index in [0.717, 1.165) is 44.1 Å². The Labute approximate surface area is 185 Å². The Morgan fingerprint density at radius 2 is 1.56 bits per heavy atom. The van der Waals surface area contributed by atoms with E-state index in [1.165, 1.54) is 4.68 Å². The number of hydrogen-bond acceptors (Lipinski definition) is 7. The summed E-state index contributed by atoms with van der Waals surface area (Å²) in [5.74, 6) is -0.707. The minimum atomic E-state index is -0.380. The number of carbonyl (C=O) groups is 2. The number of nitrogens with zero attached hydrogens (tertiary/aromatic N) is 5. The van der Waals surface area contributed by atoms with Crippen molar-refractivity contribution in [3.63, 3.8) is 0 Å². The van der Waals surface area contributed by atoms with E-state index in [-0.39, 0.29) is 23.0 Å². The van der Waals surface area contributed by atoms with Crippen LogP contribution >= 0.6 is 0 Å². The van der Waals surface area contributed by atoms with Crippen LogP contribution in [0.1, 0.15) is 38.5 Å². The Hall–Kier alpha value is -3.72. The fourth-order valence-corrected chi connectivity index (χ4v) is 4.54. The monoisotopic (exact) mass is 432 g/mol. The van der Waals surface area contributed by atoms with Gasteiger partial charge in [-0.25, -0.2) is 0 Å². The lowest BCUT2D eigenvalue weighted by Crippen LogP contribution is -2.47. The summed E-state index contributed by atoms with van der Waals surface area (Å²) in [6.07, 6.45) is 0.668. The minimum Gasteiger partial charge on any atom is -0.571 e. The molecule has 2 N–H and O–H groups in total. The van der Waals surface area contributed by atoms with Gasteiger partial charge in [-0.05, 0) is 18.6 Å². The van der Waals surface area contributed by atoms with Gasteiger partial charge in [-0.1, -0.05) is 36.4 Å². The third-order valence-electron chi connectivity index (χ3n) is 6.21. The summed E-state index contributed by atoms with van der Waals surface area (Å²) in [6, 6.07) is 14.5. The maximum Gasteiger partial charge on any atom is 0.220 e. The van der Waals surface area contributed by atoms with Crippen LogP contribution in [0, 0.1) is 5.21 Å². The van der Waals surface area contributed by atoms with Crippen molar-refractivity contribution in [1.29, 1.82) is 0 Å². The highest BCUT2D eigenvalue weighted by Crippen LogP contribution is 2.26. The molecule has 0 unspecified atom stereocenters. The molecule has 5 rings (SSSR count). The fourth-order valence-electron chi connectivity index (χ4n) is 4.54. The molecule has 1 aromatic heterocycles. The van der Waals surface area contributed by atoms with Gasteiger partial charge in [0.25, 0.3) is 0 Å². The maximum absolute atomic E-state index is 13.0. The Kier molecular flexibility index (Phi) is 5.10. The van der Waals surface area contributed by atoms with Crippen LogP contribution in [-0.4, -0.2) is 59.0 Å². The van der Waals surface area contributed by atoms with E-state index >= 15 is 0 Å². The number of hydrogen-bond donors (Lipinski definition) is 1. The highest BCUT2D eigenvalue weighted by molar-refractivity contribution is 6.26. The Morgan fingerprint density at radius 3 is 2.28 bits per heavy atom. The lowest BCUT2D eigenvalue weighted by molar-refractivity contribution is -0.749. The number of fused-ring (bicyclic) bond motifs is 2. The van der Waals surface area contributed by atoms with Gasteiger partial charge in [-0.15, -0.1) is 4.68 Å². The zero-order chi connectivity index (χ0) is 22.2. The number of anilines is 2. The zero-order valence-electron chi connectivity index (χ0n) is 17.6. The molecule has 2 aliphatic rings. The molecule has 1 fully saturated rings. The molecular formula is C23H24N6O3. The number of carbonyl (C=O) groups excluding carboxylic acids is 2. The Balaban J connectivity index is 1.23. The second-order valence-electron chi connectivity index (χ2n) is 8.12. The smallest absolute Gasteiger partial charge is 0.220 e. The molecule has 0 radical (unpaired) electrons. The molecule has 0 spiro atoms. The average Bonchev–Trinajstić information content (AvgIpc) is 3.15. The molecule has 0 bridgehead atoms. The molecule has 1 saturated heterocycles. The van der Waals surface area contributed by atoms with Crippen molar-refractivity contribution in [1.82, 2.24) is 14.7 Å². The lowest BCUT2D eigenvalue weighted by Gasteiger charge is -2.36. The van der Waals surface area contributed by atoms with Crippen LogP contribution < -0.4 is 15.6 Å². The molecule has 2 heterocycles. The van der Waals surface area contributed by atoms with Gasteiger partial charge in [0.1, 0.15) is 0 Å².